The summed E-state index contributed by atoms with van der Waals surface area (Å²) in [7, 11) is 0. The maximum absolute atomic E-state index is 13.5. The Bertz CT molecular complexity index is 1730. The second-order valence-electron chi connectivity index (χ2n) is 11.7. The first-order chi connectivity index (χ1) is 20.5. The molecule has 0 atom stereocenters. The summed E-state index contributed by atoms with van der Waals surface area (Å²) in [4.78, 5) is 39.9. The molecule has 2 fully saturated rings. The van der Waals surface area contributed by atoms with Crippen LogP contribution in [0.25, 0.3) is 22.6 Å². The fourth-order valence-electron chi connectivity index (χ4n) is 6.48. The molecule has 8 nitrogen and oxygen atoms in total. The Morgan fingerprint density at radius 3 is 2.07 bits per heavy atom. The van der Waals surface area contributed by atoms with Gasteiger partial charge in [-0.15, -0.1) is 0 Å². The molecule has 2 saturated heterocycles. The highest BCUT2D eigenvalue weighted by Crippen LogP contribution is 2.42. The number of rotatable bonds is 4. The molecule has 0 aliphatic carbocycles. The third kappa shape index (κ3) is 4.98. The van der Waals surface area contributed by atoms with E-state index in [2.05, 4.69) is 4.98 Å². The van der Waals surface area contributed by atoms with E-state index in [4.69, 9.17) is 4.98 Å². The first-order valence-corrected chi connectivity index (χ1v) is 14.7. The number of carbonyl (C=O) groups excluding carboxylic acids is 2. The van der Waals surface area contributed by atoms with Crippen molar-refractivity contribution in [2.45, 2.75) is 32.6 Å². The van der Waals surface area contributed by atoms with Gasteiger partial charge in [-0.2, -0.15) is 0 Å². The Kier molecular flexibility index (Phi) is 6.61. The van der Waals surface area contributed by atoms with E-state index in [1.807, 2.05) is 111 Å². The average Bonchev–Trinajstić information content (AvgIpc) is 3.68. The van der Waals surface area contributed by atoms with Gasteiger partial charge in [0.1, 0.15) is 5.65 Å². The summed E-state index contributed by atoms with van der Waals surface area (Å²) >= 11 is 0. The lowest BCUT2D eigenvalue weighted by Gasteiger charge is -2.47. The molecule has 0 saturated carbocycles. The third-order valence-electron chi connectivity index (χ3n) is 9.09. The summed E-state index contributed by atoms with van der Waals surface area (Å²) in [5, 5.41) is 0. The zero-order valence-corrected chi connectivity index (χ0v) is 23.8. The van der Waals surface area contributed by atoms with Crippen LogP contribution in [0.2, 0.25) is 0 Å². The predicted molar refractivity (Wildman–Crippen MR) is 162 cm³/mol. The van der Waals surface area contributed by atoms with Crippen LogP contribution in [0.15, 0.2) is 91.6 Å². The van der Waals surface area contributed by atoms with Crippen molar-refractivity contribution in [3.63, 3.8) is 0 Å². The molecular formula is C34H34N6O2. The Hall–Kier alpha value is -4.72. The Labute approximate surface area is 245 Å². The van der Waals surface area contributed by atoms with Gasteiger partial charge in [0.15, 0.2) is 0 Å². The Morgan fingerprint density at radius 1 is 0.762 bits per heavy atom. The van der Waals surface area contributed by atoms with Crippen molar-refractivity contribution < 1.29 is 9.59 Å². The fourth-order valence-corrected chi connectivity index (χ4v) is 6.48. The van der Waals surface area contributed by atoms with E-state index in [0.29, 0.717) is 11.1 Å². The molecule has 2 aromatic carbocycles. The summed E-state index contributed by atoms with van der Waals surface area (Å²) in [6.45, 7) is 4.96. The van der Waals surface area contributed by atoms with Gasteiger partial charge < -0.3 is 18.8 Å². The van der Waals surface area contributed by atoms with Gasteiger partial charge in [0, 0.05) is 67.1 Å². The number of carbonyl (C=O) groups is 2. The summed E-state index contributed by atoms with van der Waals surface area (Å²) in [6, 6.07) is 21.5. The summed E-state index contributed by atoms with van der Waals surface area (Å²) in [5.74, 6) is 0.165. The third-order valence-corrected chi connectivity index (χ3v) is 9.09. The number of nitrogens with zero attached hydrogens (tertiary/aromatic N) is 6. The molecule has 5 aromatic rings. The number of hydrogen-bond acceptors (Lipinski definition) is 4. The second kappa shape index (κ2) is 10.6. The lowest BCUT2D eigenvalue weighted by Crippen LogP contribution is -2.49. The minimum Gasteiger partial charge on any atom is -0.339 e. The van der Waals surface area contributed by atoms with Crippen molar-refractivity contribution in [2.24, 2.45) is 5.41 Å². The monoisotopic (exact) mass is 558 g/mol. The van der Waals surface area contributed by atoms with Gasteiger partial charge in [-0.05, 0) is 80.5 Å². The van der Waals surface area contributed by atoms with Crippen molar-refractivity contribution in [2.75, 3.05) is 26.2 Å². The smallest absolute Gasteiger partial charge is 0.253 e. The van der Waals surface area contributed by atoms with Gasteiger partial charge >= 0.3 is 0 Å². The quantitative estimate of drug-likeness (QED) is 0.286. The number of hydrogen-bond donors (Lipinski definition) is 0. The van der Waals surface area contributed by atoms with E-state index < -0.39 is 0 Å². The van der Waals surface area contributed by atoms with Gasteiger partial charge in [0.2, 0.25) is 0 Å². The number of likely N-dealkylation sites (tertiary alicyclic amines) is 2. The van der Waals surface area contributed by atoms with Gasteiger partial charge in [-0.3, -0.25) is 9.59 Å². The predicted octanol–water partition coefficient (Wildman–Crippen LogP) is 5.65. The van der Waals surface area contributed by atoms with E-state index in [9.17, 15) is 9.59 Å². The number of pyridine rings is 1. The molecule has 0 bridgehead atoms. The zero-order chi connectivity index (χ0) is 28.7. The first kappa shape index (κ1) is 26.2. The van der Waals surface area contributed by atoms with Gasteiger partial charge in [0.25, 0.3) is 11.8 Å². The van der Waals surface area contributed by atoms with E-state index in [0.717, 1.165) is 80.1 Å². The second-order valence-corrected chi connectivity index (χ2v) is 11.7. The van der Waals surface area contributed by atoms with Crippen LogP contribution in [0.1, 0.15) is 52.1 Å². The van der Waals surface area contributed by atoms with Crippen molar-refractivity contribution in [1.29, 1.82) is 0 Å². The lowest BCUT2D eigenvalue weighted by molar-refractivity contribution is 0.0280. The fraction of sp³-hybridized carbons (Fsp3) is 0.294. The molecule has 212 valence electrons. The summed E-state index contributed by atoms with van der Waals surface area (Å²) < 4.78 is 3.94. The molecule has 2 aliphatic heterocycles. The van der Waals surface area contributed by atoms with Crippen LogP contribution < -0.4 is 0 Å². The molecule has 0 N–H and O–H groups in total. The van der Waals surface area contributed by atoms with Gasteiger partial charge in [-0.25, -0.2) is 9.97 Å². The van der Waals surface area contributed by atoms with Crippen molar-refractivity contribution in [1.82, 2.24) is 28.7 Å². The van der Waals surface area contributed by atoms with Gasteiger partial charge in [0.05, 0.1) is 17.7 Å². The topological polar surface area (TPSA) is 75.7 Å². The number of imidazole rings is 2. The molecule has 8 heteroatoms. The number of fused-ring (bicyclic) bond motifs is 1. The normalized spacial score (nSPS) is 16.7. The van der Waals surface area contributed by atoms with Crippen LogP contribution in [-0.4, -0.2) is 66.7 Å². The standard InChI is InChI=1S/C34H34N6O2/c1-25-22-40(24-35-25)29-9-5-8-28(21-29)33(42)38-18-13-34(14-19-38)11-16-37(17-12-34)32(41)27-7-4-6-26(20-27)30-23-39-15-3-2-10-31(39)36-30/h2-10,15,20-24H,11-14,16-19H2,1H3. The first-order valence-electron chi connectivity index (χ1n) is 14.7. The van der Waals surface area contributed by atoms with E-state index in [1.54, 1.807) is 6.33 Å². The van der Waals surface area contributed by atoms with E-state index >= 15 is 0 Å². The highest BCUT2D eigenvalue weighted by atomic mass is 16.2. The minimum atomic E-state index is 0.0797. The number of aryl methyl sites for hydroxylation is 1. The number of aromatic nitrogens is 4. The van der Waals surface area contributed by atoms with Crippen LogP contribution in [0.3, 0.4) is 0 Å². The van der Waals surface area contributed by atoms with Crippen molar-refractivity contribution in [3.8, 4) is 16.9 Å². The zero-order valence-electron chi connectivity index (χ0n) is 23.8. The molecular weight excluding hydrogens is 524 g/mol. The van der Waals surface area contributed by atoms with E-state index in [1.165, 1.54) is 0 Å². The summed E-state index contributed by atoms with van der Waals surface area (Å²) in [6.07, 6.45) is 11.6. The van der Waals surface area contributed by atoms with Crippen LogP contribution in [0, 0.1) is 12.3 Å². The Morgan fingerprint density at radius 2 is 1.43 bits per heavy atom. The highest BCUT2D eigenvalue weighted by molar-refractivity contribution is 5.96. The SMILES string of the molecule is Cc1cn(-c2cccc(C(=O)N3CCC4(CCN(C(=O)c5cccc(-c6cn7ccccc7n6)c5)CC4)CC3)c2)cn1. The number of piperidine rings is 2. The number of amides is 2. The maximum Gasteiger partial charge on any atom is 0.253 e. The molecule has 5 heterocycles. The Balaban J connectivity index is 0.968. The number of benzene rings is 2. The van der Waals surface area contributed by atoms with Gasteiger partial charge in [-0.1, -0.05) is 24.3 Å². The minimum absolute atomic E-state index is 0.0797. The van der Waals surface area contributed by atoms with Crippen LogP contribution in [0.5, 0.6) is 0 Å². The molecule has 0 unspecified atom stereocenters. The summed E-state index contributed by atoms with van der Waals surface area (Å²) in [5.41, 5.74) is 6.18. The van der Waals surface area contributed by atoms with Crippen LogP contribution >= 0.6 is 0 Å². The van der Waals surface area contributed by atoms with Crippen LogP contribution in [0.4, 0.5) is 0 Å². The molecule has 1 spiro atoms. The molecule has 2 amide bonds. The van der Waals surface area contributed by atoms with Crippen molar-refractivity contribution >= 4 is 17.5 Å². The molecule has 3 aromatic heterocycles. The maximum atomic E-state index is 13.5. The van der Waals surface area contributed by atoms with Crippen LogP contribution in [-0.2, 0) is 0 Å². The van der Waals surface area contributed by atoms with E-state index in [-0.39, 0.29) is 17.2 Å². The lowest BCUT2D eigenvalue weighted by atomic mass is 9.71. The molecule has 7 rings (SSSR count). The largest absolute Gasteiger partial charge is 0.339 e. The molecule has 0 radical (unpaired) electrons. The average molecular weight is 559 g/mol. The molecule has 42 heavy (non-hydrogen) atoms. The highest BCUT2D eigenvalue weighted by Gasteiger charge is 2.39. The molecule has 2 aliphatic rings. The van der Waals surface area contributed by atoms with Crippen molar-refractivity contribution in [3.05, 3.63) is 108 Å².